The zero-order valence-corrected chi connectivity index (χ0v) is 22.3. The maximum absolute atomic E-state index is 14.1. The van der Waals surface area contributed by atoms with E-state index < -0.39 is 17.7 Å². The molecular formula is C26H22BCl2FN5O5. The van der Waals surface area contributed by atoms with Gasteiger partial charge in [0.05, 0.1) is 17.2 Å². The number of nitrogens with zero attached hydrogens (tertiary/aromatic N) is 3. The van der Waals surface area contributed by atoms with Gasteiger partial charge in [-0.15, -0.1) is 16.0 Å². The Morgan fingerprint density at radius 3 is 2.55 bits per heavy atom. The van der Waals surface area contributed by atoms with Crippen molar-refractivity contribution in [2.75, 3.05) is 24.1 Å². The van der Waals surface area contributed by atoms with Crippen molar-refractivity contribution < 1.29 is 28.9 Å². The fourth-order valence-corrected chi connectivity index (χ4v) is 4.55. The number of amides is 2. The molecule has 2 heterocycles. The standard InChI is InChI=1S/C26H22BCl2FN5O5/c28-17-5-6-18(30)22(29)21(17)23(27-9-12-36)40-20-13-19(33-34-24(20)31)25(38)32-15-3-1-14(2-4-15)26(39)35-10-7-16(37)8-11-35/h1-6,13,16,23,36-37H,7-8,10-11H2,(H2,31,34)(H,32,38)/t23-/m0/s1. The van der Waals surface area contributed by atoms with E-state index in [1.807, 2.05) is 0 Å². The zero-order chi connectivity index (χ0) is 28.8. The van der Waals surface area contributed by atoms with Crippen LogP contribution >= 0.6 is 23.2 Å². The van der Waals surface area contributed by atoms with Gasteiger partial charge < -0.3 is 30.9 Å². The average Bonchev–Trinajstić information content (AvgIpc) is 2.95. The molecule has 0 spiro atoms. The lowest BCUT2D eigenvalue weighted by molar-refractivity contribution is 0.0546. The minimum absolute atomic E-state index is 0.0173. The number of likely N-dealkylation sites (tertiary alicyclic amines) is 1. The monoisotopic (exact) mass is 584 g/mol. The number of nitrogens with two attached hydrogens (primary N) is 1. The van der Waals surface area contributed by atoms with Crippen molar-refractivity contribution >= 4 is 53.8 Å². The Labute approximate surface area is 239 Å². The molecule has 1 saturated heterocycles. The van der Waals surface area contributed by atoms with Crippen LogP contribution in [0.4, 0.5) is 15.9 Å². The Morgan fingerprint density at radius 1 is 1.18 bits per heavy atom. The third-order valence-corrected chi connectivity index (χ3v) is 6.79. The SMILES string of the molecule is Nc1nnc(C(=O)Nc2ccc(C(=O)N3CCC(O)CC3)cc2)cc1O[C@H]([B]C#CO)c1c(Cl)ccc(F)c1Cl. The van der Waals surface area contributed by atoms with E-state index in [0.717, 1.165) is 6.07 Å². The molecule has 1 aliphatic rings. The second kappa shape index (κ2) is 12.9. The van der Waals surface area contributed by atoms with Crippen molar-refractivity contribution in [3.63, 3.8) is 0 Å². The number of hydrogen-bond acceptors (Lipinski definition) is 8. The second-order valence-corrected chi connectivity index (χ2v) is 9.54. The number of nitrogens with one attached hydrogen (secondary N) is 1. The molecule has 3 aromatic rings. The third-order valence-electron chi connectivity index (χ3n) is 6.08. The highest BCUT2D eigenvalue weighted by molar-refractivity contribution is 6.49. The second-order valence-electron chi connectivity index (χ2n) is 8.75. The molecule has 0 saturated carbocycles. The van der Waals surface area contributed by atoms with Gasteiger partial charge in [0.2, 0.25) is 0 Å². The van der Waals surface area contributed by atoms with Gasteiger partial charge in [-0.05, 0) is 49.2 Å². The topological polar surface area (TPSA) is 151 Å². The van der Waals surface area contributed by atoms with Crippen molar-refractivity contribution in [2.45, 2.75) is 24.9 Å². The molecular weight excluding hydrogens is 563 g/mol. The number of hydrogen-bond donors (Lipinski definition) is 4. The summed E-state index contributed by atoms with van der Waals surface area (Å²) in [7, 11) is 1.17. The molecule has 40 heavy (non-hydrogen) atoms. The van der Waals surface area contributed by atoms with Crippen LogP contribution in [0.1, 0.15) is 45.3 Å². The lowest BCUT2D eigenvalue weighted by atomic mass is 9.69. The van der Waals surface area contributed by atoms with E-state index in [1.54, 1.807) is 35.3 Å². The molecule has 2 amide bonds. The first-order chi connectivity index (χ1) is 19.2. The molecule has 205 valence electrons. The molecule has 0 unspecified atom stereocenters. The number of aromatic nitrogens is 2. The number of aliphatic hydroxyl groups excluding tert-OH is 2. The van der Waals surface area contributed by atoms with E-state index in [2.05, 4.69) is 21.3 Å². The molecule has 4 rings (SSSR count). The Bertz CT molecular complexity index is 1480. The summed E-state index contributed by atoms with van der Waals surface area (Å²) in [4.78, 5) is 27.3. The predicted octanol–water partition coefficient (Wildman–Crippen LogP) is 3.43. The van der Waals surface area contributed by atoms with Crippen molar-refractivity contribution in [2.24, 2.45) is 0 Å². The molecule has 1 aliphatic heterocycles. The minimum Gasteiger partial charge on any atom is -0.490 e. The van der Waals surface area contributed by atoms with E-state index in [4.69, 9.17) is 38.8 Å². The summed E-state index contributed by atoms with van der Waals surface area (Å²) in [5.74, 6) is 0.415. The van der Waals surface area contributed by atoms with Crippen LogP contribution in [0.3, 0.4) is 0 Å². The predicted molar refractivity (Wildman–Crippen MR) is 147 cm³/mol. The maximum Gasteiger partial charge on any atom is 0.278 e. The van der Waals surface area contributed by atoms with Gasteiger partial charge in [0.25, 0.3) is 19.1 Å². The van der Waals surface area contributed by atoms with Crippen molar-refractivity contribution in [1.29, 1.82) is 0 Å². The molecule has 5 N–H and O–H groups in total. The van der Waals surface area contributed by atoms with Crippen LogP contribution in [-0.4, -0.2) is 63.6 Å². The van der Waals surface area contributed by atoms with Crippen LogP contribution < -0.4 is 15.8 Å². The highest BCUT2D eigenvalue weighted by atomic mass is 35.5. The van der Waals surface area contributed by atoms with Crippen molar-refractivity contribution in [3.05, 3.63) is 75.1 Å². The summed E-state index contributed by atoms with van der Waals surface area (Å²) < 4.78 is 20.0. The van der Waals surface area contributed by atoms with E-state index in [1.165, 1.54) is 19.4 Å². The normalized spacial score (nSPS) is 14.1. The highest BCUT2D eigenvalue weighted by Crippen LogP contribution is 2.35. The summed E-state index contributed by atoms with van der Waals surface area (Å²) in [5.41, 5.74) is 6.58. The summed E-state index contributed by atoms with van der Waals surface area (Å²) in [6.07, 6.45) is 2.36. The van der Waals surface area contributed by atoms with Crippen LogP contribution in [0.2, 0.25) is 10.0 Å². The Balaban J connectivity index is 1.50. The fraction of sp³-hybridized carbons (Fsp3) is 0.231. The Morgan fingerprint density at radius 2 is 1.88 bits per heavy atom. The van der Waals surface area contributed by atoms with Crippen LogP contribution in [0, 0.1) is 17.7 Å². The average molecular weight is 585 g/mol. The van der Waals surface area contributed by atoms with E-state index >= 15 is 0 Å². The number of benzene rings is 2. The largest absolute Gasteiger partial charge is 0.490 e. The molecule has 0 aliphatic carbocycles. The van der Waals surface area contributed by atoms with Crippen LogP contribution in [0.5, 0.6) is 5.75 Å². The lowest BCUT2D eigenvalue weighted by Crippen LogP contribution is -2.40. The Kier molecular flexibility index (Phi) is 9.32. The summed E-state index contributed by atoms with van der Waals surface area (Å²) in [6, 6.07) is 8.67. The number of ether oxygens (including phenoxy) is 1. The van der Waals surface area contributed by atoms with Crippen molar-refractivity contribution in [1.82, 2.24) is 15.1 Å². The molecule has 1 aromatic heterocycles. The first kappa shape index (κ1) is 29.0. The van der Waals surface area contributed by atoms with Gasteiger partial charge in [-0.25, -0.2) is 4.39 Å². The fourth-order valence-electron chi connectivity index (χ4n) is 3.96. The van der Waals surface area contributed by atoms with Gasteiger partial charge in [-0.3, -0.25) is 9.59 Å². The Hall–Kier alpha value is -4.05. The molecule has 1 radical (unpaired) electrons. The summed E-state index contributed by atoms with van der Waals surface area (Å²) in [6.45, 7) is 0.947. The third kappa shape index (κ3) is 6.74. The molecule has 2 aromatic carbocycles. The van der Waals surface area contributed by atoms with Gasteiger partial charge in [0.15, 0.2) is 17.3 Å². The van der Waals surface area contributed by atoms with Gasteiger partial charge in [-0.2, -0.15) is 0 Å². The molecule has 1 fully saturated rings. The highest BCUT2D eigenvalue weighted by Gasteiger charge is 2.26. The van der Waals surface area contributed by atoms with Crippen LogP contribution in [0.15, 0.2) is 42.5 Å². The molecule has 0 bridgehead atoms. The lowest BCUT2D eigenvalue weighted by Gasteiger charge is -2.29. The van der Waals surface area contributed by atoms with Gasteiger partial charge in [0.1, 0.15) is 11.8 Å². The number of carbonyl (C=O) groups is 2. The molecule has 1 atom stereocenters. The first-order valence-corrected chi connectivity index (χ1v) is 12.7. The number of nitrogen functional groups attached to an aromatic ring is 1. The number of anilines is 2. The smallest absolute Gasteiger partial charge is 0.278 e. The number of halogens is 3. The maximum atomic E-state index is 14.1. The van der Waals surface area contributed by atoms with Gasteiger partial charge >= 0.3 is 0 Å². The number of rotatable bonds is 7. The molecule has 14 heteroatoms. The van der Waals surface area contributed by atoms with Gasteiger partial charge in [0, 0.05) is 41.0 Å². The van der Waals surface area contributed by atoms with Crippen LogP contribution in [-0.2, 0) is 0 Å². The first-order valence-electron chi connectivity index (χ1n) is 12.0. The minimum atomic E-state index is -1.20. The summed E-state index contributed by atoms with van der Waals surface area (Å²) in [5, 5.41) is 28.5. The number of aliphatic hydroxyl groups is 2. The van der Waals surface area contributed by atoms with E-state index in [-0.39, 0.29) is 44.9 Å². The van der Waals surface area contributed by atoms with Gasteiger partial charge in [-0.1, -0.05) is 23.2 Å². The number of carbonyl (C=O) groups excluding carboxylic acids is 2. The van der Waals surface area contributed by atoms with Crippen LogP contribution in [0.25, 0.3) is 0 Å². The zero-order valence-electron chi connectivity index (χ0n) is 20.8. The molecule has 10 nitrogen and oxygen atoms in total. The summed E-state index contributed by atoms with van der Waals surface area (Å²) >= 11 is 12.3. The van der Waals surface area contributed by atoms with E-state index in [9.17, 15) is 19.1 Å². The van der Waals surface area contributed by atoms with Crippen molar-refractivity contribution in [3.8, 4) is 17.7 Å². The quantitative estimate of drug-likeness (QED) is 0.187. The van der Waals surface area contributed by atoms with E-state index in [0.29, 0.717) is 37.2 Å². The number of piperidine rings is 1.